The molecular weight excluding hydrogens is 315 g/mol. The lowest BCUT2D eigenvalue weighted by Crippen LogP contribution is -2.16. The topological polar surface area (TPSA) is 79.3 Å². The van der Waals surface area contributed by atoms with Crippen LogP contribution in [0.5, 0.6) is 5.75 Å². The van der Waals surface area contributed by atoms with E-state index >= 15 is 0 Å². The standard InChI is InChI=1S/C14H13F3N3O3/c1-7-4-12(22-3)9(14(15,16)17)5-10(7)18-13(21)6-11-8(2)19-23-20-11/h4-5H,6H2,1-3H3. The van der Waals surface area contributed by atoms with Gasteiger partial charge < -0.3 is 4.74 Å². The Labute approximate surface area is 129 Å². The summed E-state index contributed by atoms with van der Waals surface area (Å²) in [7, 11) is 1.15. The molecule has 2 rings (SSSR count). The van der Waals surface area contributed by atoms with Crippen molar-refractivity contribution in [2.24, 2.45) is 0 Å². The Balaban J connectivity index is 2.26. The monoisotopic (exact) mass is 328 g/mol. The second-order valence-electron chi connectivity index (χ2n) is 4.82. The molecule has 0 fully saturated rings. The number of carbonyl (C=O) groups excluding carboxylic acids is 1. The highest BCUT2D eigenvalue weighted by Crippen LogP contribution is 2.39. The Bertz CT molecular complexity index is 726. The average Bonchev–Trinajstić information content (AvgIpc) is 2.84. The van der Waals surface area contributed by atoms with Crippen molar-refractivity contribution in [3.63, 3.8) is 0 Å². The van der Waals surface area contributed by atoms with Crippen LogP contribution in [0.25, 0.3) is 0 Å². The van der Waals surface area contributed by atoms with Crippen molar-refractivity contribution >= 4 is 11.6 Å². The van der Waals surface area contributed by atoms with Gasteiger partial charge in [-0.1, -0.05) is 10.3 Å². The number of amides is 1. The average molecular weight is 328 g/mol. The van der Waals surface area contributed by atoms with Crippen molar-refractivity contribution < 1.29 is 27.3 Å². The summed E-state index contributed by atoms with van der Waals surface area (Å²) in [4.78, 5) is 11.9. The third-order valence-corrected chi connectivity index (χ3v) is 3.13. The van der Waals surface area contributed by atoms with Crippen LogP contribution in [-0.2, 0) is 17.4 Å². The van der Waals surface area contributed by atoms with Crippen molar-refractivity contribution in [1.82, 2.24) is 15.6 Å². The lowest BCUT2D eigenvalue weighted by molar-refractivity contribution is -0.138. The highest BCUT2D eigenvalue weighted by molar-refractivity contribution is 5.83. The van der Waals surface area contributed by atoms with Crippen molar-refractivity contribution in [3.8, 4) is 5.75 Å². The summed E-state index contributed by atoms with van der Waals surface area (Å²) in [5.74, 6) is -0.969. The maximum Gasteiger partial charge on any atom is 0.420 e. The van der Waals surface area contributed by atoms with Gasteiger partial charge in [0.2, 0.25) is 0 Å². The fraction of sp³-hybridized carbons (Fsp3) is 0.357. The van der Waals surface area contributed by atoms with Gasteiger partial charge in [-0.05, 0) is 31.5 Å². The Morgan fingerprint density at radius 3 is 2.52 bits per heavy atom. The quantitative estimate of drug-likeness (QED) is 0.862. The van der Waals surface area contributed by atoms with Crippen LogP contribution in [0.4, 0.5) is 18.9 Å². The largest absolute Gasteiger partial charge is 0.496 e. The van der Waals surface area contributed by atoms with Crippen molar-refractivity contribution in [2.45, 2.75) is 26.4 Å². The van der Waals surface area contributed by atoms with E-state index in [9.17, 15) is 18.0 Å². The van der Waals surface area contributed by atoms with Gasteiger partial charge >= 0.3 is 6.18 Å². The number of methoxy groups -OCH3 is 1. The lowest BCUT2D eigenvalue weighted by Gasteiger charge is -2.15. The van der Waals surface area contributed by atoms with E-state index in [1.54, 1.807) is 6.92 Å². The molecule has 6 nitrogen and oxygen atoms in total. The van der Waals surface area contributed by atoms with Gasteiger partial charge in [0.15, 0.2) is 0 Å². The molecule has 1 aromatic carbocycles. The second-order valence-corrected chi connectivity index (χ2v) is 4.82. The van der Waals surface area contributed by atoms with Crippen molar-refractivity contribution in [1.29, 1.82) is 0 Å². The molecular formula is C14H13F3N3O3. The van der Waals surface area contributed by atoms with E-state index in [0.717, 1.165) is 13.2 Å². The van der Waals surface area contributed by atoms with Gasteiger partial charge in [0.1, 0.15) is 17.1 Å². The normalized spacial score (nSPS) is 11.4. The van der Waals surface area contributed by atoms with Gasteiger partial charge in [-0.3, -0.25) is 4.79 Å². The van der Waals surface area contributed by atoms with Gasteiger partial charge in [-0.25, -0.2) is 9.95 Å². The molecule has 1 aromatic heterocycles. The Morgan fingerprint density at radius 2 is 2.00 bits per heavy atom. The minimum absolute atomic E-state index is 0.0720. The molecule has 0 aliphatic rings. The predicted molar refractivity (Wildman–Crippen MR) is 72.3 cm³/mol. The smallest absolute Gasteiger partial charge is 0.420 e. The number of ether oxygens (including phenoxy) is 1. The van der Waals surface area contributed by atoms with E-state index in [1.807, 2.05) is 0 Å². The molecule has 0 saturated carbocycles. The summed E-state index contributed by atoms with van der Waals surface area (Å²) in [6.07, 6.45) is -4.82. The maximum absolute atomic E-state index is 13.0. The van der Waals surface area contributed by atoms with Gasteiger partial charge in [-0.2, -0.15) is 13.2 Å². The number of rotatable bonds is 4. The maximum atomic E-state index is 13.0. The molecule has 1 heterocycles. The minimum atomic E-state index is -4.61. The summed E-state index contributed by atoms with van der Waals surface area (Å²) in [6.45, 7) is 3.14. The Hall–Kier alpha value is -2.58. The zero-order chi connectivity index (χ0) is 17.2. The van der Waals surface area contributed by atoms with Crippen molar-refractivity contribution in [2.75, 3.05) is 7.11 Å². The summed E-state index contributed by atoms with van der Waals surface area (Å²) < 4.78 is 48.2. The Kier molecular flexibility index (Phi) is 4.57. The Morgan fingerprint density at radius 1 is 1.30 bits per heavy atom. The van der Waals surface area contributed by atoms with Crippen LogP contribution in [0.15, 0.2) is 16.8 Å². The summed E-state index contributed by atoms with van der Waals surface area (Å²) >= 11 is 0. The third kappa shape index (κ3) is 3.79. The number of alkyl halides is 3. The number of nitrogens with zero attached hydrogens (tertiary/aromatic N) is 3. The molecule has 1 radical (unpaired) electrons. The van der Waals surface area contributed by atoms with Crippen LogP contribution in [0.2, 0.25) is 0 Å². The van der Waals surface area contributed by atoms with Gasteiger partial charge in [0.05, 0.1) is 24.8 Å². The van der Waals surface area contributed by atoms with Crippen LogP contribution in [-0.4, -0.2) is 23.3 Å². The molecule has 123 valence electrons. The molecule has 2 aromatic rings. The third-order valence-electron chi connectivity index (χ3n) is 3.13. The molecule has 9 heteroatoms. The number of halogens is 3. The first-order valence-corrected chi connectivity index (χ1v) is 6.50. The first kappa shape index (κ1) is 16.8. The highest BCUT2D eigenvalue weighted by atomic mass is 19.4. The highest BCUT2D eigenvalue weighted by Gasteiger charge is 2.35. The number of aromatic nitrogens is 2. The molecule has 0 saturated heterocycles. The fourth-order valence-electron chi connectivity index (χ4n) is 1.91. The molecule has 0 aliphatic heterocycles. The van der Waals surface area contributed by atoms with Gasteiger partial charge in [0.25, 0.3) is 5.91 Å². The first-order chi connectivity index (χ1) is 10.7. The number of benzene rings is 1. The van der Waals surface area contributed by atoms with E-state index in [-0.39, 0.29) is 17.9 Å². The van der Waals surface area contributed by atoms with E-state index in [1.165, 1.54) is 13.0 Å². The summed E-state index contributed by atoms with van der Waals surface area (Å²) in [6, 6.07) is 1.98. The predicted octanol–water partition coefficient (Wildman–Crippen LogP) is 2.72. The second kappa shape index (κ2) is 6.27. The van der Waals surface area contributed by atoms with Crippen LogP contribution in [0, 0.1) is 13.8 Å². The lowest BCUT2D eigenvalue weighted by atomic mass is 10.1. The SMILES string of the molecule is COc1cc(C)c([N]C(=O)Cc2nonc2C)cc1C(F)(F)F. The van der Waals surface area contributed by atoms with Crippen LogP contribution < -0.4 is 10.1 Å². The van der Waals surface area contributed by atoms with Gasteiger partial charge in [-0.15, -0.1) is 0 Å². The first-order valence-electron chi connectivity index (χ1n) is 6.50. The molecule has 0 atom stereocenters. The molecule has 0 aliphatic carbocycles. The van der Waals surface area contributed by atoms with Crippen LogP contribution >= 0.6 is 0 Å². The van der Waals surface area contributed by atoms with Crippen LogP contribution in [0.1, 0.15) is 22.5 Å². The molecule has 23 heavy (non-hydrogen) atoms. The molecule has 0 unspecified atom stereocenters. The minimum Gasteiger partial charge on any atom is -0.496 e. The number of carbonyl (C=O) groups is 1. The molecule has 0 bridgehead atoms. The molecule has 0 N–H and O–H groups in total. The van der Waals surface area contributed by atoms with Gasteiger partial charge in [0, 0.05) is 0 Å². The zero-order valence-corrected chi connectivity index (χ0v) is 12.6. The molecule has 0 spiro atoms. The van der Waals surface area contributed by atoms with E-state index < -0.39 is 17.6 Å². The molecule has 1 amide bonds. The van der Waals surface area contributed by atoms with Crippen molar-refractivity contribution in [3.05, 3.63) is 34.6 Å². The van der Waals surface area contributed by atoms with E-state index in [0.29, 0.717) is 17.0 Å². The summed E-state index contributed by atoms with van der Waals surface area (Å²) in [5.41, 5.74) is 0.0452. The summed E-state index contributed by atoms with van der Waals surface area (Å²) in [5, 5.41) is 10.8. The van der Waals surface area contributed by atoms with E-state index in [4.69, 9.17) is 4.74 Å². The van der Waals surface area contributed by atoms with Crippen LogP contribution in [0.3, 0.4) is 0 Å². The number of hydrogen-bond donors (Lipinski definition) is 0. The number of hydrogen-bond acceptors (Lipinski definition) is 5. The zero-order valence-electron chi connectivity index (χ0n) is 12.6. The number of aryl methyl sites for hydroxylation is 2. The fourth-order valence-corrected chi connectivity index (χ4v) is 1.91. The van der Waals surface area contributed by atoms with E-state index in [2.05, 4.69) is 20.3 Å².